The minimum absolute atomic E-state index is 0.0574. The maximum atomic E-state index is 12.5. The van der Waals surface area contributed by atoms with Crippen molar-refractivity contribution in [3.8, 4) is 5.75 Å². The molecule has 1 unspecified atom stereocenters. The number of benzene rings is 1. The molecule has 29 heavy (non-hydrogen) atoms. The summed E-state index contributed by atoms with van der Waals surface area (Å²) in [6, 6.07) is 4.97. The first-order valence-corrected chi connectivity index (χ1v) is 10.3. The summed E-state index contributed by atoms with van der Waals surface area (Å²) in [5.74, 6) is 0.505. The van der Waals surface area contributed by atoms with Gasteiger partial charge >= 0.3 is 0 Å². The first-order chi connectivity index (χ1) is 13.9. The minimum Gasteiger partial charge on any atom is -0.480 e. The lowest BCUT2D eigenvalue weighted by Gasteiger charge is -2.34. The molecule has 156 valence electrons. The van der Waals surface area contributed by atoms with Crippen molar-refractivity contribution in [1.29, 1.82) is 0 Å². The summed E-state index contributed by atoms with van der Waals surface area (Å²) in [5.41, 5.74) is 2.11. The molecule has 2 heterocycles. The van der Waals surface area contributed by atoms with Crippen LogP contribution in [-0.2, 0) is 9.63 Å². The summed E-state index contributed by atoms with van der Waals surface area (Å²) < 4.78 is 5.73. The highest BCUT2D eigenvalue weighted by molar-refractivity contribution is 6.30. The molecule has 1 fully saturated rings. The van der Waals surface area contributed by atoms with Crippen LogP contribution in [0.2, 0.25) is 5.02 Å². The van der Waals surface area contributed by atoms with Crippen molar-refractivity contribution < 1.29 is 24.6 Å². The van der Waals surface area contributed by atoms with Crippen LogP contribution in [0.3, 0.4) is 0 Å². The first-order valence-electron chi connectivity index (χ1n) is 9.91. The van der Waals surface area contributed by atoms with Crippen molar-refractivity contribution in [2.75, 3.05) is 0 Å². The van der Waals surface area contributed by atoms with E-state index in [0.29, 0.717) is 40.8 Å². The number of hydrogen-bond acceptors (Lipinski definition) is 6. The van der Waals surface area contributed by atoms with E-state index in [-0.39, 0.29) is 24.5 Å². The highest BCUT2D eigenvalue weighted by Crippen LogP contribution is 2.37. The molecule has 0 radical (unpaired) electrons. The maximum Gasteiger partial charge on any atom is 0.265 e. The van der Waals surface area contributed by atoms with Crippen LogP contribution in [-0.4, -0.2) is 40.1 Å². The fraction of sp³-hybridized carbons (Fsp3) is 0.524. The number of oxime groups is 1. The lowest BCUT2D eigenvalue weighted by Crippen LogP contribution is -2.41. The number of carbonyl (C=O) groups excluding carboxylic acids is 1. The first kappa shape index (κ1) is 20.2. The largest absolute Gasteiger partial charge is 0.480 e. The van der Waals surface area contributed by atoms with Crippen LogP contribution in [0.15, 0.2) is 35.6 Å². The SMILES string of the molecule is C=C(CCC1=NOC([C@H]2C[C@@H](O)C2)C1)NC(=O)[C@@H]1C[C@@H](O)c2cc(Cl)ccc2O1. The van der Waals surface area contributed by atoms with E-state index in [1.54, 1.807) is 18.2 Å². The molecule has 1 saturated carbocycles. The number of fused-ring (bicyclic) bond motifs is 1. The molecule has 1 aromatic rings. The van der Waals surface area contributed by atoms with Gasteiger partial charge in [-0.25, -0.2) is 0 Å². The van der Waals surface area contributed by atoms with Crippen molar-refractivity contribution in [3.05, 3.63) is 41.1 Å². The molecule has 3 aliphatic rings. The van der Waals surface area contributed by atoms with Crippen LogP contribution in [0.5, 0.6) is 5.75 Å². The van der Waals surface area contributed by atoms with Gasteiger partial charge in [-0.2, -0.15) is 0 Å². The second kappa shape index (κ2) is 8.34. The molecule has 8 heteroatoms. The summed E-state index contributed by atoms with van der Waals surface area (Å²) in [4.78, 5) is 18.0. The third kappa shape index (κ3) is 4.57. The zero-order chi connectivity index (χ0) is 20.5. The van der Waals surface area contributed by atoms with E-state index in [1.807, 2.05) is 0 Å². The Kier molecular flexibility index (Phi) is 5.81. The molecule has 7 nitrogen and oxygen atoms in total. The van der Waals surface area contributed by atoms with Gasteiger partial charge in [-0.15, -0.1) is 0 Å². The van der Waals surface area contributed by atoms with Gasteiger partial charge < -0.3 is 25.1 Å². The predicted octanol–water partition coefficient (Wildman–Crippen LogP) is 2.85. The van der Waals surface area contributed by atoms with Gasteiger partial charge in [-0.05, 0) is 43.9 Å². The minimum atomic E-state index is -0.812. The molecule has 0 aromatic heterocycles. The Morgan fingerprint density at radius 2 is 2.10 bits per heavy atom. The van der Waals surface area contributed by atoms with E-state index in [2.05, 4.69) is 17.1 Å². The second-order valence-electron chi connectivity index (χ2n) is 8.02. The number of nitrogens with zero attached hydrogens (tertiary/aromatic N) is 1. The maximum absolute atomic E-state index is 12.5. The number of aliphatic hydroxyl groups excluding tert-OH is 2. The van der Waals surface area contributed by atoms with Gasteiger partial charge in [-0.1, -0.05) is 23.3 Å². The molecule has 3 atom stereocenters. The molecular formula is C21H25ClN2O5. The number of allylic oxidation sites excluding steroid dienone is 1. The van der Waals surface area contributed by atoms with Crippen LogP contribution in [0.25, 0.3) is 0 Å². The van der Waals surface area contributed by atoms with E-state index >= 15 is 0 Å². The number of aliphatic hydroxyl groups is 2. The molecule has 0 saturated heterocycles. The molecule has 2 aliphatic heterocycles. The molecule has 0 bridgehead atoms. The number of rotatable bonds is 6. The Labute approximate surface area is 174 Å². The number of ether oxygens (including phenoxy) is 1. The monoisotopic (exact) mass is 420 g/mol. The Morgan fingerprint density at radius 3 is 2.86 bits per heavy atom. The van der Waals surface area contributed by atoms with Crippen molar-refractivity contribution in [1.82, 2.24) is 5.32 Å². The van der Waals surface area contributed by atoms with Gasteiger partial charge in [0.05, 0.1) is 17.9 Å². The molecule has 1 aromatic carbocycles. The van der Waals surface area contributed by atoms with Crippen LogP contribution in [0.4, 0.5) is 0 Å². The van der Waals surface area contributed by atoms with Gasteiger partial charge in [0, 0.05) is 35.0 Å². The number of carbonyl (C=O) groups is 1. The van der Waals surface area contributed by atoms with Gasteiger partial charge in [-0.3, -0.25) is 4.79 Å². The Hall–Kier alpha value is -2.09. The lowest BCUT2D eigenvalue weighted by atomic mass is 9.77. The molecule has 1 amide bonds. The molecule has 0 spiro atoms. The molecule has 4 rings (SSSR count). The van der Waals surface area contributed by atoms with E-state index < -0.39 is 12.2 Å². The Bertz CT molecular complexity index is 836. The van der Waals surface area contributed by atoms with Gasteiger partial charge in [0.1, 0.15) is 11.9 Å². The quantitative estimate of drug-likeness (QED) is 0.657. The number of halogens is 1. The predicted molar refractivity (Wildman–Crippen MR) is 108 cm³/mol. The summed E-state index contributed by atoms with van der Waals surface area (Å²) in [6.45, 7) is 3.92. The van der Waals surface area contributed by atoms with Crippen LogP contribution < -0.4 is 10.1 Å². The average molecular weight is 421 g/mol. The lowest BCUT2D eigenvalue weighted by molar-refractivity contribution is -0.129. The normalized spacial score (nSPS) is 30.3. The van der Waals surface area contributed by atoms with E-state index in [0.717, 1.165) is 25.0 Å². The fourth-order valence-corrected chi connectivity index (χ4v) is 4.15. The third-order valence-corrected chi connectivity index (χ3v) is 6.01. The molecular weight excluding hydrogens is 396 g/mol. The summed E-state index contributed by atoms with van der Waals surface area (Å²) in [7, 11) is 0. The Balaban J connectivity index is 1.23. The Morgan fingerprint density at radius 1 is 1.31 bits per heavy atom. The second-order valence-corrected chi connectivity index (χ2v) is 8.46. The highest BCUT2D eigenvalue weighted by atomic mass is 35.5. The van der Waals surface area contributed by atoms with Gasteiger partial charge in [0.15, 0.2) is 6.10 Å². The van der Waals surface area contributed by atoms with E-state index in [4.69, 9.17) is 21.2 Å². The zero-order valence-electron chi connectivity index (χ0n) is 16.0. The number of amides is 1. The van der Waals surface area contributed by atoms with Crippen molar-refractivity contribution in [2.45, 2.75) is 62.9 Å². The standard InChI is InChI=1S/C21H25ClN2O5/c1-11(2-4-14-9-19(29-24-14)12-6-15(25)7-12)23-21(27)20-10-17(26)16-8-13(22)3-5-18(16)28-20/h3,5,8,12,15,17,19-20,25-26H,1-2,4,6-7,9-10H2,(H,23,27)/t12-,15+,17-,19?,20+/m1/s1. The van der Waals surface area contributed by atoms with E-state index in [1.165, 1.54) is 0 Å². The average Bonchev–Trinajstić information content (AvgIpc) is 3.12. The van der Waals surface area contributed by atoms with E-state index in [9.17, 15) is 15.0 Å². The number of nitrogens with one attached hydrogen (secondary N) is 1. The molecule has 3 N–H and O–H groups in total. The number of hydrogen-bond donors (Lipinski definition) is 3. The summed E-state index contributed by atoms with van der Waals surface area (Å²) in [6.07, 6.45) is 1.92. The summed E-state index contributed by atoms with van der Waals surface area (Å²) >= 11 is 5.96. The fourth-order valence-electron chi connectivity index (χ4n) is 3.97. The molecule has 1 aliphatic carbocycles. The van der Waals surface area contributed by atoms with Gasteiger partial charge in [0.25, 0.3) is 5.91 Å². The zero-order valence-corrected chi connectivity index (χ0v) is 16.8. The smallest absolute Gasteiger partial charge is 0.265 e. The van der Waals surface area contributed by atoms with Crippen LogP contribution in [0, 0.1) is 5.92 Å². The van der Waals surface area contributed by atoms with Gasteiger partial charge in [0.2, 0.25) is 0 Å². The van der Waals surface area contributed by atoms with Crippen molar-refractivity contribution >= 4 is 23.2 Å². The third-order valence-electron chi connectivity index (χ3n) is 5.77. The highest BCUT2D eigenvalue weighted by Gasteiger charge is 2.38. The van der Waals surface area contributed by atoms with Crippen molar-refractivity contribution in [2.24, 2.45) is 11.1 Å². The van der Waals surface area contributed by atoms with Crippen molar-refractivity contribution in [3.63, 3.8) is 0 Å². The topological polar surface area (TPSA) is 100 Å². The van der Waals surface area contributed by atoms with Crippen LogP contribution >= 0.6 is 11.6 Å². The van der Waals surface area contributed by atoms with Crippen LogP contribution in [0.1, 0.15) is 50.2 Å². The summed E-state index contributed by atoms with van der Waals surface area (Å²) in [5, 5.41) is 27.2.